The van der Waals surface area contributed by atoms with Crippen LogP contribution in [-0.4, -0.2) is 35.5 Å². The Hall–Kier alpha value is -2.35. The number of hydrogen-bond acceptors (Lipinski definition) is 4. The van der Waals surface area contributed by atoms with Crippen molar-refractivity contribution in [3.05, 3.63) is 46.7 Å². The van der Waals surface area contributed by atoms with E-state index in [-0.39, 0.29) is 17.8 Å². The number of fused-ring (bicyclic) bond motifs is 1. The van der Waals surface area contributed by atoms with Crippen LogP contribution in [0.1, 0.15) is 36.9 Å². The number of piperidine rings is 1. The van der Waals surface area contributed by atoms with Gasteiger partial charge in [0.15, 0.2) is 0 Å². The molecule has 2 aliphatic rings. The van der Waals surface area contributed by atoms with Gasteiger partial charge in [0.2, 0.25) is 11.9 Å². The minimum absolute atomic E-state index is 0.0606. The van der Waals surface area contributed by atoms with Gasteiger partial charge in [-0.1, -0.05) is 11.6 Å². The number of aromatic nitrogens is 2. The zero-order chi connectivity index (χ0) is 21.3. The third-order valence-electron chi connectivity index (χ3n) is 5.74. The van der Waals surface area contributed by atoms with E-state index in [1.54, 1.807) is 11.0 Å². The summed E-state index contributed by atoms with van der Waals surface area (Å²) in [5.74, 6) is -0.0377. The molecule has 0 saturated carbocycles. The number of anilines is 2. The van der Waals surface area contributed by atoms with Crippen LogP contribution in [0, 0.1) is 5.92 Å². The first-order valence-corrected chi connectivity index (χ1v) is 10.5. The van der Waals surface area contributed by atoms with E-state index in [9.17, 15) is 18.0 Å². The second-order valence-electron chi connectivity index (χ2n) is 7.72. The lowest BCUT2D eigenvalue weighted by atomic mass is 9.95. The molecule has 0 aliphatic carbocycles. The third kappa shape index (κ3) is 4.38. The van der Waals surface area contributed by atoms with Crippen LogP contribution in [0.3, 0.4) is 0 Å². The molecule has 5 nitrogen and oxygen atoms in total. The lowest BCUT2D eigenvalue weighted by Gasteiger charge is -2.34. The fourth-order valence-corrected chi connectivity index (χ4v) is 4.35. The van der Waals surface area contributed by atoms with Gasteiger partial charge >= 0.3 is 6.18 Å². The number of halogens is 4. The maximum absolute atomic E-state index is 13.3. The predicted molar refractivity (Wildman–Crippen MR) is 109 cm³/mol. The lowest BCUT2D eigenvalue weighted by molar-refractivity contribution is -0.141. The summed E-state index contributed by atoms with van der Waals surface area (Å²) in [4.78, 5) is 24.5. The fourth-order valence-electron chi connectivity index (χ4n) is 4.16. The van der Waals surface area contributed by atoms with Crippen LogP contribution in [0.4, 0.5) is 24.8 Å². The molecular weight excluding hydrogens is 417 g/mol. The van der Waals surface area contributed by atoms with Crippen molar-refractivity contribution in [1.29, 1.82) is 0 Å². The number of carbonyl (C=O) groups is 1. The molecule has 3 heterocycles. The van der Waals surface area contributed by atoms with Crippen LogP contribution in [-0.2, 0) is 17.4 Å². The van der Waals surface area contributed by atoms with Crippen molar-refractivity contribution in [2.45, 2.75) is 38.3 Å². The molecule has 1 amide bonds. The number of carbonyl (C=O) groups excluding carboxylic acids is 1. The second-order valence-corrected chi connectivity index (χ2v) is 8.16. The van der Waals surface area contributed by atoms with E-state index in [4.69, 9.17) is 11.6 Å². The van der Waals surface area contributed by atoms with Gasteiger partial charge in [0.05, 0.1) is 0 Å². The number of hydrogen-bond donors (Lipinski definition) is 0. The van der Waals surface area contributed by atoms with Gasteiger partial charge in [-0.2, -0.15) is 13.2 Å². The van der Waals surface area contributed by atoms with Crippen molar-refractivity contribution < 1.29 is 18.0 Å². The van der Waals surface area contributed by atoms with Crippen LogP contribution >= 0.6 is 11.6 Å². The summed E-state index contributed by atoms with van der Waals surface area (Å²) in [7, 11) is 0. The van der Waals surface area contributed by atoms with Crippen LogP contribution < -0.4 is 9.80 Å². The first kappa shape index (κ1) is 20.9. The van der Waals surface area contributed by atoms with Crippen LogP contribution in [0.25, 0.3) is 0 Å². The first-order valence-electron chi connectivity index (χ1n) is 10.1. The SMILES string of the molecule is O=C(C1CCN(c2nccc(C(F)(F)F)n2)CC1)N1CCCCc2cc(Cl)ccc21. The van der Waals surface area contributed by atoms with Crippen molar-refractivity contribution in [3.63, 3.8) is 0 Å². The number of nitrogens with zero attached hydrogens (tertiary/aromatic N) is 4. The van der Waals surface area contributed by atoms with Gasteiger partial charge in [-0.05, 0) is 61.9 Å². The van der Waals surface area contributed by atoms with Crippen molar-refractivity contribution in [3.8, 4) is 0 Å². The molecule has 4 rings (SSSR count). The normalized spacial score (nSPS) is 18.1. The van der Waals surface area contributed by atoms with Gasteiger partial charge in [-0.3, -0.25) is 4.79 Å². The summed E-state index contributed by atoms with van der Waals surface area (Å²) in [5, 5.41) is 0.664. The first-order chi connectivity index (χ1) is 14.3. The summed E-state index contributed by atoms with van der Waals surface area (Å²) in [6, 6.07) is 6.50. The van der Waals surface area contributed by atoms with E-state index in [1.807, 2.05) is 17.0 Å². The molecule has 1 aromatic heterocycles. The standard InChI is InChI=1S/C21H22ClF3N4O/c22-16-4-5-17-15(13-16)3-1-2-10-29(17)19(30)14-7-11-28(12-8-14)20-26-9-6-18(27-20)21(23,24)25/h4-6,9,13-14H,1-3,7-8,10-12H2. The molecule has 1 aromatic carbocycles. The number of alkyl halides is 3. The number of amides is 1. The highest BCUT2D eigenvalue weighted by Crippen LogP contribution is 2.33. The highest BCUT2D eigenvalue weighted by atomic mass is 35.5. The predicted octanol–water partition coefficient (Wildman–Crippen LogP) is 4.73. The molecular formula is C21H22ClF3N4O. The molecule has 1 saturated heterocycles. The van der Waals surface area contributed by atoms with E-state index in [0.29, 0.717) is 37.5 Å². The van der Waals surface area contributed by atoms with Gasteiger partial charge in [-0.15, -0.1) is 0 Å². The van der Waals surface area contributed by atoms with Crippen molar-refractivity contribution >= 4 is 29.1 Å². The highest BCUT2D eigenvalue weighted by Gasteiger charge is 2.35. The Kier molecular flexibility index (Phi) is 5.86. The lowest BCUT2D eigenvalue weighted by Crippen LogP contribution is -2.43. The second kappa shape index (κ2) is 8.41. The fraction of sp³-hybridized carbons (Fsp3) is 0.476. The molecule has 160 valence electrons. The molecule has 2 aromatic rings. The van der Waals surface area contributed by atoms with E-state index in [0.717, 1.165) is 42.8 Å². The Bertz CT molecular complexity index is 929. The zero-order valence-electron chi connectivity index (χ0n) is 16.3. The summed E-state index contributed by atoms with van der Waals surface area (Å²) in [5.41, 5.74) is 1.05. The Morgan fingerprint density at radius 2 is 1.87 bits per heavy atom. The van der Waals surface area contributed by atoms with Gasteiger partial charge < -0.3 is 9.80 Å². The summed E-state index contributed by atoms with van der Waals surface area (Å²) < 4.78 is 38.8. The number of rotatable bonds is 2. The number of aryl methyl sites for hydroxylation is 1. The van der Waals surface area contributed by atoms with E-state index >= 15 is 0 Å². The van der Waals surface area contributed by atoms with Gasteiger partial charge in [0, 0.05) is 42.5 Å². The Morgan fingerprint density at radius 3 is 2.60 bits per heavy atom. The molecule has 1 fully saturated rings. The van der Waals surface area contributed by atoms with Crippen molar-refractivity contribution in [2.24, 2.45) is 5.92 Å². The molecule has 0 bridgehead atoms. The van der Waals surface area contributed by atoms with E-state index in [2.05, 4.69) is 9.97 Å². The molecule has 0 unspecified atom stereocenters. The summed E-state index contributed by atoms with van der Waals surface area (Å²) in [6.45, 7) is 1.56. The average Bonchev–Trinajstić information content (AvgIpc) is 2.95. The van der Waals surface area contributed by atoms with Crippen LogP contribution in [0.15, 0.2) is 30.5 Å². The average molecular weight is 439 g/mol. The Morgan fingerprint density at radius 1 is 1.10 bits per heavy atom. The van der Waals surface area contributed by atoms with Crippen LogP contribution in [0.5, 0.6) is 0 Å². The maximum atomic E-state index is 13.3. The minimum atomic E-state index is -4.50. The number of benzene rings is 1. The molecule has 0 spiro atoms. The zero-order valence-corrected chi connectivity index (χ0v) is 17.1. The molecule has 30 heavy (non-hydrogen) atoms. The smallest absolute Gasteiger partial charge is 0.341 e. The third-order valence-corrected chi connectivity index (χ3v) is 5.97. The molecule has 2 aliphatic heterocycles. The largest absolute Gasteiger partial charge is 0.433 e. The van der Waals surface area contributed by atoms with Gasteiger partial charge in [-0.25, -0.2) is 9.97 Å². The topological polar surface area (TPSA) is 49.3 Å². The van der Waals surface area contributed by atoms with Crippen molar-refractivity contribution in [2.75, 3.05) is 29.4 Å². The molecule has 9 heteroatoms. The highest BCUT2D eigenvalue weighted by molar-refractivity contribution is 6.30. The minimum Gasteiger partial charge on any atom is -0.341 e. The van der Waals surface area contributed by atoms with E-state index < -0.39 is 11.9 Å². The maximum Gasteiger partial charge on any atom is 0.433 e. The summed E-state index contributed by atoms with van der Waals surface area (Å²) >= 11 is 6.13. The van der Waals surface area contributed by atoms with Crippen molar-refractivity contribution in [1.82, 2.24) is 9.97 Å². The molecule has 0 N–H and O–H groups in total. The quantitative estimate of drug-likeness (QED) is 0.680. The monoisotopic (exact) mass is 438 g/mol. The Balaban J connectivity index is 1.45. The molecule has 0 atom stereocenters. The molecule has 0 radical (unpaired) electrons. The van der Waals surface area contributed by atoms with Gasteiger partial charge in [0.25, 0.3) is 0 Å². The van der Waals surface area contributed by atoms with E-state index in [1.165, 1.54) is 0 Å². The van der Waals surface area contributed by atoms with Gasteiger partial charge in [0.1, 0.15) is 5.69 Å². The van der Waals surface area contributed by atoms with Crippen LogP contribution in [0.2, 0.25) is 5.02 Å². The summed E-state index contributed by atoms with van der Waals surface area (Å²) in [6.07, 6.45) is 0.550. The Labute approximate surface area is 177 Å².